The van der Waals surface area contributed by atoms with Crippen molar-refractivity contribution in [2.24, 2.45) is 5.92 Å². The van der Waals surface area contributed by atoms with E-state index >= 15 is 0 Å². The molecule has 19 heavy (non-hydrogen) atoms. The van der Waals surface area contributed by atoms with Crippen LogP contribution in [-0.4, -0.2) is 19.6 Å². The van der Waals surface area contributed by atoms with Gasteiger partial charge in [0.1, 0.15) is 5.82 Å². The average molecular weight is 264 g/mol. The summed E-state index contributed by atoms with van der Waals surface area (Å²) in [4.78, 5) is 2.43. The molecule has 1 N–H and O–H groups in total. The number of rotatable bonds is 4. The van der Waals surface area contributed by atoms with Crippen molar-refractivity contribution in [3.8, 4) is 0 Å². The van der Waals surface area contributed by atoms with Crippen LogP contribution in [0.1, 0.15) is 38.7 Å². The number of nitrogens with zero attached hydrogens (tertiary/aromatic N) is 1. The fourth-order valence-electron chi connectivity index (χ4n) is 2.77. The van der Waals surface area contributed by atoms with Crippen LogP contribution in [0, 0.1) is 11.7 Å². The highest BCUT2D eigenvalue weighted by Gasteiger charge is 2.16. The van der Waals surface area contributed by atoms with Gasteiger partial charge in [0.2, 0.25) is 0 Å². The minimum Gasteiger partial charge on any atom is -0.371 e. The summed E-state index contributed by atoms with van der Waals surface area (Å²) >= 11 is 0. The summed E-state index contributed by atoms with van der Waals surface area (Å²) in [7, 11) is 0. The topological polar surface area (TPSA) is 15.3 Å². The van der Waals surface area contributed by atoms with Crippen LogP contribution in [0.25, 0.3) is 0 Å². The molecular formula is C16H25FN2. The Labute approximate surface area is 116 Å². The maximum atomic E-state index is 13.4. The zero-order chi connectivity index (χ0) is 13.7. The number of hydrogen-bond acceptors (Lipinski definition) is 2. The van der Waals surface area contributed by atoms with Crippen LogP contribution in [0.5, 0.6) is 0 Å². The normalized spacial score (nSPS) is 20.4. The van der Waals surface area contributed by atoms with E-state index in [0.29, 0.717) is 0 Å². The maximum Gasteiger partial charge on any atom is 0.123 e. The predicted molar refractivity (Wildman–Crippen MR) is 79.0 cm³/mol. The van der Waals surface area contributed by atoms with Crippen LogP contribution >= 0.6 is 0 Å². The number of nitrogens with one attached hydrogen (secondary N) is 1. The summed E-state index contributed by atoms with van der Waals surface area (Å²) in [6.45, 7) is 8.24. The van der Waals surface area contributed by atoms with Crippen molar-refractivity contribution in [1.29, 1.82) is 0 Å². The Kier molecular flexibility index (Phi) is 5.20. The van der Waals surface area contributed by atoms with Crippen LogP contribution < -0.4 is 10.2 Å². The second-order valence-electron chi connectivity index (χ2n) is 5.58. The summed E-state index contributed by atoms with van der Waals surface area (Å²) in [5, 5.41) is 3.30. The predicted octanol–water partition coefficient (Wildman–Crippen LogP) is 3.56. The molecule has 0 amide bonds. The molecule has 106 valence electrons. The Morgan fingerprint density at radius 3 is 2.95 bits per heavy atom. The van der Waals surface area contributed by atoms with Gasteiger partial charge in [-0.2, -0.15) is 0 Å². The highest BCUT2D eigenvalue weighted by atomic mass is 19.1. The Morgan fingerprint density at radius 1 is 1.32 bits per heavy atom. The molecule has 1 atom stereocenters. The van der Waals surface area contributed by atoms with Crippen LogP contribution in [0.3, 0.4) is 0 Å². The van der Waals surface area contributed by atoms with Gasteiger partial charge in [-0.15, -0.1) is 0 Å². The lowest BCUT2D eigenvalue weighted by atomic mass is 10.0. The molecule has 1 unspecified atom stereocenters. The molecule has 1 aliphatic heterocycles. The fourth-order valence-corrected chi connectivity index (χ4v) is 2.77. The quantitative estimate of drug-likeness (QED) is 0.894. The van der Waals surface area contributed by atoms with Crippen molar-refractivity contribution in [2.75, 3.05) is 24.5 Å². The van der Waals surface area contributed by atoms with E-state index in [9.17, 15) is 4.39 Å². The smallest absolute Gasteiger partial charge is 0.123 e. The lowest BCUT2D eigenvalue weighted by Gasteiger charge is -2.26. The highest BCUT2D eigenvalue weighted by molar-refractivity contribution is 5.54. The zero-order valence-corrected chi connectivity index (χ0v) is 12.1. The average Bonchev–Trinajstić information content (AvgIpc) is 2.61. The van der Waals surface area contributed by atoms with Crippen LogP contribution in [0.2, 0.25) is 0 Å². The summed E-state index contributed by atoms with van der Waals surface area (Å²) < 4.78 is 13.4. The van der Waals surface area contributed by atoms with E-state index in [1.807, 2.05) is 6.07 Å². The van der Waals surface area contributed by atoms with Crippen molar-refractivity contribution >= 4 is 5.69 Å². The molecule has 0 saturated carbocycles. The molecule has 0 aliphatic carbocycles. The molecule has 2 nitrogen and oxygen atoms in total. The molecule has 1 aromatic rings. The third-order valence-electron chi connectivity index (χ3n) is 3.96. The molecule has 1 saturated heterocycles. The SMILES string of the molecule is CCNCc1cc(F)ccc1N1CCCC(C)CC1. The van der Waals surface area contributed by atoms with Gasteiger partial charge in [0, 0.05) is 25.3 Å². The van der Waals surface area contributed by atoms with Crippen molar-refractivity contribution in [2.45, 2.75) is 39.7 Å². The maximum absolute atomic E-state index is 13.4. The fraction of sp³-hybridized carbons (Fsp3) is 0.625. The highest BCUT2D eigenvalue weighted by Crippen LogP contribution is 2.26. The number of anilines is 1. The van der Waals surface area contributed by atoms with E-state index in [2.05, 4.69) is 24.1 Å². The van der Waals surface area contributed by atoms with E-state index in [4.69, 9.17) is 0 Å². The van der Waals surface area contributed by atoms with Gasteiger partial charge >= 0.3 is 0 Å². The van der Waals surface area contributed by atoms with Crippen LogP contribution in [-0.2, 0) is 6.54 Å². The third kappa shape index (κ3) is 3.93. The minimum atomic E-state index is -0.139. The van der Waals surface area contributed by atoms with E-state index in [1.165, 1.54) is 24.9 Å². The summed E-state index contributed by atoms with van der Waals surface area (Å²) in [5.74, 6) is 0.669. The summed E-state index contributed by atoms with van der Waals surface area (Å²) in [6.07, 6.45) is 3.78. The van der Waals surface area contributed by atoms with Crippen molar-refractivity contribution in [1.82, 2.24) is 5.32 Å². The zero-order valence-electron chi connectivity index (χ0n) is 12.1. The second kappa shape index (κ2) is 6.90. The van der Waals surface area contributed by atoms with Gasteiger partial charge < -0.3 is 10.2 Å². The molecule has 3 heteroatoms. The first-order valence-electron chi connectivity index (χ1n) is 7.44. The summed E-state index contributed by atoms with van der Waals surface area (Å²) in [5.41, 5.74) is 2.29. The molecule has 2 rings (SSSR count). The standard InChI is InChI=1S/C16H25FN2/c1-3-18-12-14-11-15(17)6-7-16(14)19-9-4-5-13(2)8-10-19/h6-7,11,13,18H,3-5,8-10,12H2,1-2H3. The van der Waals surface area contributed by atoms with Gasteiger partial charge in [-0.05, 0) is 55.5 Å². The molecule has 0 radical (unpaired) electrons. The Balaban J connectivity index is 2.17. The van der Waals surface area contributed by atoms with Gasteiger partial charge in [-0.1, -0.05) is 13.8 Å². The van der Waals surface area contributed by atoms with Gasteiger partial charge in [0.15, 0.2) is 0 Å². The summed E-state index contributed by atoms with van der Waals surface area (Å²) in [6, 6.07) is 5.20. The first-order valence-corrected chi connectivity index (χ1v) is 7.44. The lowest BCUT2D eigenvalue weighted by molar-refractivity contribution is 0.521. The van der Waals surface area contributed by atoms with Gasteiger partial charge in [0.05, 0.1) is 0 Å². The van der Waals surface area contributed by atoms with Crippen LogP contribution in [0.15, 0.2) is 18.2 Å². The number of hydrogen-bond donors (Lipinski definition) is 1. The minimum absolute atomic E-state index is 0.139. The van der Waals surface area contributed by atoms with E-state index in [1.54, 1.807) is 12.1 Å². The molecule has 0 spiro atoms. The van der Waals surface area contributed by atoms with Gasteiger partial charge in [0.25, 0.3) is 0 Å². The van der Waals surface area contributed by atoms with Crippen molar-refractivity contribution < 1.29 is 4.39 Å². The first kappa shape index (κ1) is 14.3. The van der Waals surface area contributed by atoms with Crippen molar-refractivity contribution in [3.63, 3.8) is 0 Å². The molecular weight excluding hydrogens is 239 g/mol. The molecule has 1 aromatic carbocycles. The first-order chi connectivity index (χ1) is 9.20. The molecule has 0 aromatic heterocycles. The largest absolute Gasteiger partial charge is 0.371 e. The van der Waals surface area contributed by atoms with E-state index in [-0.39, 0.29) is 5.82 Å². The van der Waals surface area contributed by atoms with Gasteiger partial charge in [-0.3, -0.25) is 0 Å². The van der Waals surface area contributed by atoms with E-state index in [0.717, 1.165) is 37.7 Å². The second-order valence-corrected chi connectivity index (χ2v) is 5.58. The molecule has 0 bridgehead atoms. The third-order valence-corrected chi connectivity index (χ3v) is 3.96. The lowest BCUT2D eigenvalue weighted by Crippen LogP contribution is -2.26. The van der Waals surface area contributed by atoms with Crippen LogP contribution in [0.4, 0.5) is 10.1 Å². The Hall–Kier alpha value is -1.09. The van der Waals surface area contributed by atoms with Gasteiger partial charge in [-0.25, -0.2) is 4.39 Å². The Morgan fingerprint density at radius 2 is 2.16 bits per heavy atom. The van der Waals surface area contributed by atoms with Crippen molar-refractivity contribution in [3.05, 3.63) is 29.6 Å². The number of halogens is 1. The van der Waals surface area contributed by atoms with E-state index < -0.39 is 0 Å². The Bertz CT molecular complexity index is 406. The molecule has 1 fully saturated rings. The monoisotopic (exact) mass is 264 g/mol. The molecule has 1 aliphatic rings. The molecule has 1 heterocycles. The number of benzene rings is 1.